The molecule has 1 fully saturated rings. The zero-order valence-corrected chi connectivity index (χ0v) is 17.7. The molecule has 160 valence electrons. The molecule has 6 heteroatoms. The number of likely N-dealkylation sites (tertiary alicyclic amines) is 1. The summed E-state index contributed by atoms with van der Waals surface area (Å²) in [6, 6.07) is 20.3. The fourth-order valence-corrected chi connectivity index (χ4v) is 3.87. The summed E-state index contributed by atoms with van der Waals surface area (Å²) in [5, 5.41) is 7.12. The monoisotopic (exact) mass is 416 g/mol. The van der Waals surface area contributed by atoms with E-state index in [1.807, 2.05) is 18.2 Å². The Morgan fingerprint density at radius 1 is 0.839 bits per heavy atom. The number of aromatic nitrogens is 2. The molecule has 0 bridgehead atoms. The average Bonchev–Trinajstić information content (AvgIpc) is 3.08. The molecule has 1 amide bonds. The Bertz CT molecular complexity index is 1050. The molecule has 1 aromatic heterocycles. The normalized spacial score (nSPS) is 14.7. The van der Waals surface area contributed by atoms with Gasteiger partial charge in [0.05, 0.1) is 5.69 Å². The Morgan fingerprint density at radius 3 is 2.23 bits per heavy atom. The van der Waals surface area contributed by atoms with E-state index in [-0.39, 0.29) is 17.2 Å². The molecule has 1 N–H and O–H groups in total. The van der Waals surface area contributed by atoms with Gasteiger partial charge >= 0.3 is 0 Å². The van der Waals surface area contributed by atoms with Gasteiger partial charge in [0.15, 0.2) is 0 Å². The molecular weight excluding hydrogens is 388 g/mol. The highest BCUT2D eigenvalue weighted by Gasteiger charge is 2.11. The van der Waals surface area contributed by atoms with Gasteiger partial charge in [-0.25, -0.2) is 0 Å². The first-order valence-electron chi connectivity index (χ1n) is 10.9. The Kier molecular flexibility index (Phi) is 6.89. The minimum atomic E-state index is -0.307. The molecule has 1 aliphatic rings. The number of benzene rings is 2. The fraction of sp³-hybridized carbons (Fsp3) is 0.320. The van der Waals surface area contributed by atoms with Crippen LogP contribution in [-0.4, -0.2) is 33.7 Å². The zero-order valence-electron chi connectivity index (χ0n) is 17.7. The maximum Gasteiger partial charge on any atom is 0.272 e. The Labute approximate surface area is 182 Å². The smallest absolute Gasteiger partial charge is 0.272 e. The summed E-state index contributed by atoms with van der Waals surface area (Å²) in [4.78, 5) is 27.2. The second-order valence-corrected chi connectivity index (χ2v) is 7.99. The number of rotatable bonds is 6. The summed E-state index contributed by atoms with van der Waals surface area (Å²) in [5.41, 5.74) is 2.89. The predicted octanol–water partition coefficient (Wildman–Crippen LogP) is 3.54. The molecule has 2 heterocycles. The van der Waals surface area contributed by atoms with Gasteiger partial charge in [-0.05, 0) is 55.3 Å². The third-order valence-electron chi connectivity index (χ3n) is 5.61. The lowest BCUT2D eigenvalue weighted by molar-refractivity contribution is 0.0944. The van der Waals surface area contributed by atoms with E-state index in [0.29, 0.717) is 12.2 Å². The number of hydrogen-bond donors (Lipinski definition) is 1. The fourth-order valence-electron chi connectivity index (χ4n) is 3.87. The highest BCUT2D eigenvalue weighted by atomic mass is 16.2. The number of amides is 1. The van der Waals surface area contributed by atoms with Crippen molar-refractivity contribution in [2.45, 2.75) is 38.8 Å². The van der Waals surface area contributed by atoms with E-state index in [2.05, 4.69) is 39.6 Å². The van der Waals surface area contributed by atoms with Crippen molar-refractivity contribution in [1.82, 2.24) is 20.0 Å². The lowest BCUT2D eigenvalue weighted by Crippen LogP contribution is -2.28. The molecule has 0 unspecified atom stereocenters. The number of nitrogens with one attached hydrogen (secondary N) is 1. The van der Waals surface area contributed by atoms with Crippen molar-refractivity contribution < 1.29 is 4.79 Å². The van der Waals surface area contributed by atoms with Gasteiger partial charge in [-0.1, -0.05) is 55.3 Å². The molecule has 0 spiro atoms. The summed E-state index contributed by atoms with van der Waals surface area (Å²) in [6.07, 6.45) is 5.26. The maximum absolute atomic E-state index is 12.6. The second kappa shape index (κ2) is 10.2. The number of nitrogens with zero attached hydrogens (tertiary/aromatic N) is 3. The van der Waals surface area contributed by atoms with Gasteiger partial charge in [-0.2, -0.15) is 9.78 Å². The number of carbonyl (C=O) groups is 1. The topological polar surface area (TPSA) is 67.2 Å². The zero-order chi connectivity index (χ0) is 21.5. The third-order valence-corrected chi connectivity index (χ3v) is 5.61. The van der Waals surface area contributed by atoms with Crippen LogP contribution < -0.4 is 10.9 Å². The van der Waals surface area contributed by atoms with Crippen LogP contribution in [0, 0.1) is 0 Å². The highest BCUT2D eigenvalue weighted by molar-refractivity contribution is 5.92. The van der Waals surface area contributed by atoms with Crippen LogP contribution in [0.5, 0.6) is 0 Å². The predicted molar refractivity (Wildman–Crippen MR) is 121 cm³/mol. The lowest BCUT2D eigenvalue weighted by atomic mass is 10.1. The van der Waals surface area contributed by atoms with Gasteiger partial charge in [0, 0.05) is 19.2 Å². The largest absolute Gasteiger partial charge is 0.347 e. The van der Waals surface area contributed by atoms with Gasteiger partial charge in [0.25, 0.3) is 11.5 Å². The first kappa shape index (κ1) is 21.0. The SMILES string of the molecule is O=C(NCc1ccc(CN2CCCCCC2)cc1)c1ccc(=O)n(-c2ccccc2)n1. The van der Waals surface area contributed by atoms with E-state index >= 15 is 0 Å². The molecule has 0 radical (unpaired) electrons. The molecule has 1 aliphatic heterocycles. The lowest BCUT2D eigenvalue weighted by Gasteiger charge is -2.19. The summed E-state index contributed by atoms with van der Waals surface area (Å²) in [6.45, 7) is 3.75. The van der Waals surface area contributed by atoms with Crippen LogP contribution >= 0.6 is 0 Å². The molecule has 2 aromatic carbocycles. The van der Waals surface area contributed by atoms with Crippen LogP contribution in [0.1, 0.15) is 47.3 Å². The first-order chi connectivity index (χ1) is 15.2. The summed E-state index contributed by atoms with van der Waals surface area (Å²) in [5.74, 6) is -0.307. The van der Waals surface area contributed by atoms with Crippen molar-refractivity contribution in [3.8, 4) is 5.69 Å². The summed E-state index contributed by atoms with van der Waals surface area (Å²) in [7, 11) is 0. The third kappa shape index (κ3) is 5.67. The van der Waals surface area contributed by atoms with Gasteiger partial charge in [0.1, 0.15) is 5.69 Å². The van der Waals surface area contributed by atoms with E-state index in [1.54, 1.807) is 12.1 Å². The molecular formula is C25H28N4O2. The Morgan fingerprint density at radius 2 is 1.52 bits per heavy atom. The van der Waals surface area contributed by atoms with Crippen molar-refractivity contribution in [3.63, 3.8) is 0 Å². The quantitative estimate of drug-likeness (QED) is 0.667. The molecule has 0 saturated carbocycles. The molecule has 0 atom stereocenters. The molecule has 0 aliphatic carbocycles. The van der Waals surface area contributed by atoms with Crippen molar-refractivity contribution in [2.75, 3.05) is 13.1 Å². The van der Waals surface area contributed by atoms with Crippen LogP contribution in [0.2, 0.25) is 0 Å². The van der Waals surface area contributed by atoms with E-state index < -0.39 is 0 Å². The number of para-hydroxylation sites is 1. The second-order valence-electron chi connectivity index (χ2n) is 7.99. The molecule has 4 rings (SSSR count). The number of hydrogen-bond acceptors (Lipinski definition) is 4. The first-order valence-corrected chi connectivity index (χ1v) is 10.9. The van der Waals surface area contributed by atoms with Crippen LogP contribution in [-0.2, 0) is 13.1 Å². The van der Waals surface area contributed by atoms with Crippen LogP contribution in [0.3, 0.4) is 0 Å². The van der Waals surface area contributed by atoms with Crippen molar-refractivity contribution in [1.29, 1.82) is 0 Å². The minimum absolute atomic E-state index is 0.209. The summed E-state index contributed by atoms with van der Waals surface area (Å²) >= 11 is 0. The molecule has 31 heavy (non-hydrogen) atoms. The van der Waals surface area contributed by atoms with Crippen LogP contribution in [0.25, 0.3) is 5.69 Å². The average molecular weight is 417 g/mol. The minimum Gasteiger partial charge on any atom is -0.347 e. The van der Waals surface area contributed by atoms with Crippen molar-refractivity contribution in [2.24, 2.45) is 0 Å². The Balaban J connectivity index is 1.36. The standard InChI is InChI=1S/C25H28N4O2/c30-24-15-14-23(27-29(24)22-8-4-3-5-9-22)25(31)26-18-20-10-12-21(13-11-20)19-28-16-6-1-2-7-17-28/h3-5,8-15H,1-2,6-7,16-19H2,(H,26,31). The van der Waals surface area contributed by atoms with Gasteiger partial charge in [-0.3, -0.25) is 14.5 Å². The van der Waals surface area contributed by atoms with Crippen molar-refractivity contribution >= 4 is 5.91 Å². The van der Waals surface area contributed by atoms with Gasteiger partial charge in [0.2, 0.25) is 0 Å². The Hall–Kier alpha value is -3.25. The van der Waals surface area contributed by atoms with Crippen LogP contribution in [0.4, 0.5) is 0 Å². The van der Waals surface area contributed by atoms with E-state index in [4.69, 9.17) is 0 Å². The van der Waals surface area contributed by atoms with E-state index in [9.17, 15) is 9.59 Å². The molecule has 6 nitrogen and oxygen atoms in total. The van der Waals surface area contributed by atoms with E-state index in [1.165, 1.54) is 61.2 Å². The van der Waals surface area contributed by atoms with E-state index in [0.717, 1.165) is 12.1 Å². The van der Waals surface area contributed by atoms with Crippen LogP contribution in [0.15, 0.2) is 71.5 Å². The van der Waals surface area contributed by atoms with Gasteiger partial charge in [-0.15, -0.1) is 0 Å². The molecule has 3 aromatic rings. The maximum atomic E-state index is 12.6. The molecule has 1 saturated heterocycles. The summed E-state index contributed by atoms with van der Waals surface area (Å²) < 4.78 is 1.24. The van der Waals surface area contributed by atoms with Gasteiger partial charge < -0.3 is 5.32 Å². The number of carbonyl (C=O) groups excluding carboxylic acids is 1. The highest BCUT2D eigenvalue weighted by Crippen LogP contribution is 2.14. The van der Waals surface area contributed by atoms with Crippen molar-refractivity contribution in [3.05, 3.63) is 93.9 Å².